The number of aromatic amines is 2. The number of rotatable bonds is 15. The molecule has 4 unspecified atom stereocenters. The van der Waals surface area contributed by atoms with Gasteiger partial charge < -0.3 is 47.8 Å². The molecule has 0 bridgehead atoms. The summed E-state index contributed by atoms with van der Waals surface area (Å²) < 4.78 is 0. The number of aliphatic imine (C=N–C) groups is 1. The smallest absolute Gasteiger partial charge is 0.326 e. The Morgan fingerprint density at radius 1 is 1.02 bits per heavy atom. The van der Waals surface area contributed by atoms with Gasteiger partial charge in [-0.3, -0.25) is 19.4 Å². The number of nitrogens with zero attached hydrogens (tertiary/aromatic N) is 2. The van der Waals surface area contributed by atoms with Gasteiger partial charge in [-0.15, -0.1) is 0 Å². The zero-order chi connectivity index (χ0) is 30.8. The number of carboxylic acids is 1. The van der Waals surface area contributed by atoms with Crippen molar-refractivity contribution in [1.29, 1.82) is 0 Å². The number of hydrogen-bond donors (Lipinski definition) is 9. The topological polar surface area (TPSA) is 245 Å². The maximum absolute atomic E-state index is 13.8. The molecule has 4 atom stereocenters. The zero-order valence-corrected chi connectivity index (χ0v) is 23.6. The molecule has 1 aliphatic rings. The van der Waals surface area contributed by atoms with Crippen LogP contribution in [-0.4, -0.2) is 87.0 Å². The molecule has 230 valence electrons. The van der Waals surface area contributed by atoms with Crippen molar-refractivity contribution in [2.75, 3.05) is 13.1 Å². The molecule has 0 spiro atoms. The molecule has 15 heteroatoms. The van der Waals surface area contributed by atoms with Crippen LogP contribution in [0.5, 0.6) is 0 Å². The molecule has 3 aromatic rings. The SMILES string of the molecule is NC(N)=NCCCC(NC(=O)C(Cc1c[nH]c2ccccc12)NC(=O)C1CCCN1)C(=O)NC(Cc1cnc[nH]1)C(=O)O. The fraction of sp³-hybridized carbons (Fsp3) is 0.429. The Morgan fingerprint density at radius 2 is 1.79 bits per heavy atom. The van der Waals surface area contributed by atoms with Crippen LogP contribution in [0.3, 0.4) is 0 Å². The number of aromatic nitrogens is 3. The van der Waals surface area contributed by atoms with Gasteiger partial charge in [0.15, 0.2) is 5.96 Å². The molecule has 3 amide bonds. The molecule has 4 rings (SSSR count). The van der Waals surface area contributed by atoms with Crippen molar-refractivity contribution in [3.8, 4) is 0 Å². The largest absolute Gasteiger partial charge is 0.480 e. The molecule has 11 N–H and O–H groups in total. The predicted molar refractivity (Wildman–Crippen MR) is 159 cm³/mol. The van der Waals surface area contributed by atoms with Crippen molar-refractivity contribution in [2.24, 2.45) is 16.5 Å². The standard InChI is InChI=1S/C28H38N10O5/c29-28(30)33-10-4-8-21(25(40)38-23(27(42)43)12-17-14-31-15-35-17)36-26(41)22(37-24(39)20-7-3-9-32-20)11-16-13-34-19-6-2-1-5-18(16)19/h1-2,5-6,13-15,20-23,32,34H,3-4,7-12H2,(H,31,35)(H,36,41)(H,37,39)(H,38,40)(H,42,43)(H4,29,30,33). The van der Waals surface area contributed by atoms with Gasteiger partial charge in [-0.25, -0.2) is 9.78 Å². The molecule has 43 heavy (non-hydrogen) atoms. The van der Waals surface area contributed by atoms with E-state index in [1.807, 2.05) is 24.3 Å². The second-order valence-electron chi connectivity index (χ2n) is 10.5. The van der Waals surface area contributed by atoms with E-state index in [1.54, 1.807) is 6.20 Å². The first-order valence-corrected chi connectivity index (χ1v) is 14.2. The number of nitrogens with one attached hydrogen (secondary N) is 6. The summed E-state index contributed by atoms with van der Waals surface area (Å²) in [5.74, 6) is -2.95. The highest BCUT2D eigenvalue weighted by atomic mass is 16.4. The van der Waals surface area contributed by atoms with E-state index in [0.717, 1.165) is 22.9 Å². The van der Waals surface area contributed by atoms with Crippen molar-refractivity contribution >= 4 is 40.6 Å². The quantitative estimate of drug-likeness (QED) is 0.0595. The number of hydrogen-bond acceptors (Lipinski definition) is 7. The summed E-state index contributed by atoms with van der Waals surface area (Å²) in [6.45, 7) is 0.903. The van der Waals surface area contributed by atoms with Crippen LogP contribution >= 0.6 is 0 Å². The number of nitrogens with two attached hydrogens (primary N) is 2. The van der Waals surface area contributed by atoms with E-state index in [4.69, 9.17) is 11.5 Å². The average Bonchev–Trinajstić information content (AvgIpc) is 3.77. The first-order valence-electron chi connectivity index (χ1n) is 14.2. The number of benzene rings is 1. The van der Waals surface area contributed by atoms with Crippen LogP contribution in [0.25, 0.3) is 10.9 Å². The molecule has 3 heterocycles. The lowest BCUT2D eigenvalue weighted by molar-refractivity contribution is -0.142. The molecule has 2 aromatic heterocycles. The van der Waals surface area contributed by atoms with Crippen molar-refractivity contribution in [3.05, 3.63) is 54.2 Å². The summed E-state index contributed by atoms with van der Waals surface area (Å²) >= 11 is 0. The summed E-state index contributed by atoms with van der Waals surface area (Å²) in [7, 11) is 0. The maximum atomic E-state index is 13.8. The number of carboxylic acid groups (broad SMARTS) is 1. The number of amides is 3. The van der Waals surface area contributed by atoms with E-state index in [0.29, 0.717) is 25.1 Å². The normalized spacial score (nSPS) is 16.6. The van der Waals surface area contributed by atoms with E-state index in [1.165, 1.54) is 12.5 Å². The van der Waals surface area contributed by atoms with Gasteiger partial charge in [0.25, 0.3) is 0 Å². The van der Waals surface area contributed by atoms with Gasteiger partial charge >= 0.3 is 5.97 Å². The third-order valence-electron chi connectivity index (χ3n) is 7.28. The highest BCUT2D eigenvalue weighted by Crippen LogP contribution is 2.19. The second-order valence-corrected chi connectivity index (χ2v) is 10.5. The Balaban J connectivity index is 1.53. The predicted octanol–water partition coefficient (Wildman–Crippen LogP) is -0.979. The Morgan fingerprint density at radius 3 is 2.49 bits per heavy atom. The molecule has 15 nitrogen and oxygen atoms in total. The number of para-hydroxylation sites is 1. The van der Waals surface area contributed by atoms with Crippen molar-refractivity contribution < 1.29 is 24.3 Å². The summed E-state index contributed by atoms with van der Waals surface area (Å²) in [5, 5.41) is 21.9. The minimum atomic E-state index is -1.28. The Kier molecular flexibility index (Phi) is 10.7. The van der Waals surface area contributed by atoms with Gasteiger partial charge in [0.1, 0.15) is 18.1 Å². The number of aliphatic carboxylic acids is 1. The van der Waals surface area contributed by atoms with E-state index in [-0.39, 0.29) is 37.7 Å². The van der Waals surface area contributed by atoms with Gasteiger partial charge in [-0.1, -0.05) is 18.2 Å². The van der Waals surface area contributed by atoms with E-state index < -0.39 is 42.0 Å². The third kappa shape index (κ3) is 8.78. The summed E-state index contributed by atoms with van der Waals surface area (Å²) in [4.78, 5) is 66.0. The highest BCUT2D eigenvalue weighted by molar-refractivity contribution is 5.95. The molecule has 0 aliphatic carbocycles. The molecule has 0 saturated carbocycles. The molecule has 1 aromatic carbocycles. The summed E-state index contributed by atoms with van der Waals surface area (Å²) in [5.41, 5.74) is 13.0. The molecule has 0 radical (unpaired) electrons. The fourth-order valence-corrected chi connectivity index (χ4v) is 5.04. The lowest BCUT2D eigenvalue weighted by Crippen LogP contribution is -2.57. The zero-order valence-electron chi connectivity index (χ0n) is 23.6. The van der Waals surface area contributed by atoms with Crippen LogP contribution < -0.4 is 32.7 Å². The van der Waals surface area contributed by atoms with E-state index in [2.05, 4.69) is 41.2 Å². The number of carbonyl (C=O) groups is 4. The summed E-state index contributed by atoms with van der Waals surface area (Å²) in [6, 6.07) is 3.77. The van der Waals surface area contributed by atoms with Crippen LogP contribution in [0.15, 0.2) is 48.0 Å². The number of guanidine groups is 1. The van der Waals surface area contributed by atoms with Crippen LogP contribution in [0.4, 0.5) is 0 Å². The van der Waals surface area contributed by atoms with Gasteiger partial charge in [0.05, 0.1) is 12.4 Å². The number of carbonyl (C=O) groups excluding carboxylic acids is 3. The second kappa shape index (κ2) is 14.8. The van der Waals surface area contributed by atoms with Gasteiger partial charge in [0.2, 0.25) is 17.7 Å². The minimum absolute atomic E-state index is 0.0383. The van der Waals surface area contributed by atoms with Gasteiger partial charge in [-0.2, -0.15) is 0 Å². The van der Waals surface area contributed by atoms with Crippen molar-refractivity contribution in [1.82, 2.24) is 36.2 Å². The first kappa shape index (κ1) is 31.0. The Labute approximate surface area is 247 Å². The van der Waals surface area contributed by atoms with Gasteiger partial charge in [0, 0.05) is 48.4 Å². The lowest BCUT2D eigenvalue weighted by atomic mass is 10.0. The van der Waals surface area contributed by atoms with Crippen LogP contribution in [-0.2, 0) is 32.0 Å². The fourth-order valence-electron chi connectivity index (χ4n) is 5.04. The number of imidazole rings is 1. The molecular weight excluding hydrogens is 556 g/mol. The number of fused-ring (bicyclic) bond motifs is 1. The van der Waals surface area contributed by atoms with Crippen molar-refractivity contribution in [3.63, 3.8) is 0 Å². The maximum Gasteiger partial charge on any atom is 0.326 e. The highest BCUT2D eigenvalue weighted by Gasteiger charge is 2.32. The number of H-pyrrole nitrogens is 2. The van der Waals surface area contributed by atoms with Crippen molar-refractivity contribution in [2.45, 2.75) is 62.7 Å². The third-order valence-corrected chi connectivity index (χ3v) is 7.28. The van der Waals surface area contributed by atoms with Crippen LogP contribution in [0, 0.1) is 0 Å². The molecular formula is C28H38N10O5. The first-order chi connectivity index (χ1) is 20.7. The summed E-state index contributed by atoms with van der Waals surface area (Å²) in [6.07, 6.45) is 6.71. The van der Waals surface area contributed by atoms with E-state index in [9.17, 15) is 24.3 Å². The van der Waals surface area contributed by atoms with E-state index >= 15 is 0 Å². The minimum Gasteiger partial charge on any atom is -0.480 e. The van der Waals surface area contributed by atoms with Gasteiger partial charge in [-0.05, 0) is 43.9 Å². The molecule has 1 aliphatic heterocycles. The molecule has 1 fully saturated rings. The Hall–Kier alpha value is -4.92. The molecule has 1 saturated heterocycles. The van der Waals surface area contributed by atoms with Crippen LogP contribution in [0.1, 0.15) is 36.9 Å². The lowest BCUT2D eigenvalue weighted by Gasteiger charge is -2.25. The average molecular weight is 595 g/mol. The van der Waals surface area contributed by atoms with Crippen LogP contribution in [0.2, 0.25) is 0 Å². The monoisotopic (exact) mass is 594 g/mol. The Bertz CT molecular complexity index is 1430.